The molecule has 0 aliphatic heterocycles. The van der Waals surface area contributed by atoms with Crippen LogP contribution < -0.4 is 5.73 Å². The molecule has 0 saturated heterocycles. The predicted molar refractivity (Wildman–Crippen MR) is 134 cm³/mol. The lowest BCUT2D eigenvalue weighted by molar-refractivity contribution is -0.141. The van der Waals surface area contributed by atoms with E-state index in [1.165, 1.54) is 7.05 Å². The Balaban J connectivity index is 4.92. The van der Waals surface area contributed by atoms with E-state index in [-0.39, 0.29) is 64.9 Å². The van der Waals surface area contributed by atoms with Crippen LogP contribution >= 0.6 is 7.75 Å². The highest BCUT2D eigenvalue weighted by molar-refractivity contribution is 7.52. The van der Waals surface area contributed by atoms with E-state index >= 15 is 0 Å². The van der Waals surface area contributed by atoms with Crippen molar-refractivity contribution in [2.45, 2.75) is 71.8 Å². The third-order valence-corrected chi connectivity index (χ3v) is 6.15. The van der Waals surface area contributed by atoms with Crippen LogP contribution in [0.1, 0.15) is 65.7 Å². The van der Waals surface area contributed by atoms with Crippen LogP contribution in [0.4, 0.5) is 9.59 Å². The van der Waals surface area contributed by atoms with Gasteiger partial charge < -0.3 is 34.7 Å². The van der Waals surface area contributed by atoms with Crippen LogP contribution in [-0.4, -0.2) is 87.0 Å². The Hall–Kier alpha value is -2.57. The maximum absolute atomic E-state index is 13.2. The molecule has 0 aliphatic rings. The normalized spacial score (nSPS) is 12.5. The third-order valence-electron chi connectivity index (χ3n) is 4.69. The summed E-state index contributed by atoms with van der Waals surface area (Å²) in [6, 6.07) is -1.00. The molecular formula is C22H42N3O11P. The van der Waals surface area contributed by atoms with Crippen molar-refractivity contribution in [3.63, 3.8) is 0 Å². The van der Waals surface area contributed by atoms with Gasteiger partial charge in [0.05, 0.1) is 39.6 Å². The van der Waals surface area contributed by atoms with Crippen LogP contribution in [0, 0.1) is 0 Å². The molecule has 37 heavy (non-hydrogen) atoms. The van der Waals surface area contributed by atoms with Crippen molar-refractivity contribution < 1.29 is 52.1 Å². The monoisotopic (exact) mass is 555 g/mol. The molecule has 0 aromatic heterocycles. The van der Waals surface area contributed by atoms with Gasteiger partial charge in [0, 0.05) is 19.9 Å². The molecule has 0 radical (unpaired) electrons. The zero-order valence-electron chi connectivity index (χ0n) is 22.2. The van der Waals surface area contributed by atoms with E-state index in [0.717, 1.165) is 30.6 Å². The van der Waals surface area contributed by atoms with Crippen molar-refractivity contribution in [3.05, 3.63) is 0 Å². The minimum Gasteiger partial charge on any atom is -0.480 e. The Morgan fingerprint density at radius 3 is 1.57 bits per heavy atom. The second-order valence-corrected chi connectivity index (χ2v) is 9.43. The van der Waals surface area contributed by atoms with E-state index in [0.29, 0.717) is 0 Å². The number of aliphatic carboxylic acids is 1. The van der Waals surface area contributed by atoms with Gasteiger partial charge in [0.1, 0.15) is 6.04 Å². The first-order valence-corrected chi connectivity index (χ1v) is 13.9. The van der Waals surface area contributed by atoms with E-state index in [2.05, 4.69) is 4.76 Å². The highest BCUT2D eigenvalue weighted by atomic mass is 31.2. The summed E-state index contributed by atoms with van der Waals surface area (Å²) in [7, 11) is -2.81. The molecule has 15 heteroatoms. The minimum atomic E-state index is -4.20. The number of carboxylic acids is 1. The Kier molecular flexibility index (Phi) is 19.1. The predicted octanol–water partition coefficient (Wildman–Crippen LogP) is 3.92. The summed E-state index contributed by atoms with van der Waals surface area (Å²) in [5.41, 5.74) is 5.88. The number of carbonyl (C=O) groups excluding carboxylic acids is 2. The van der Waals surface area contributed by atoms with Crippen molar-refractivity contribution in [2.24, 2.45) is 10.5 Å². The molecule has 0 fully saturated rings. The van der Waals surface area contributed by atoms with Crippen molar-refractivity contribution in [1.29, 1.82) is 0 Å². The SMILES string of the molecule is CCCCOC(=O)OCCCOP(=O)(N=C(N)N(C)C(CC)C(=O)O)OCCCOC(=O)OCCCC. The summed E-state index contributed by atoms with van der Waals surface area (Å²) in [5.74, 6) is -1.49. The molecule has 0 rings (SSSR count). The van der Waals surface area contributed by atoms with Gasteiger partial charge in [0.2, 0.25) is 5.96 Å². The van der Waals surface area contributed by atoms with Crippen molar-refractivity contribution in [3.8, 4) is 0 Å². The van der Waals surface area contributed by atoms with Gasteiger partial charge in [-0.1, -0.05) is 33.6 Å². The third kappa shape index (κ3) is 16.7. The number of hydrogen-bond acceptors (Lipinski definition) is 10. The zero-order chi connectivity index (χ0) is 28.1. The summed E-state index contributed by atoms with van der Waals surface area (Å²) >= 11 is 0. The summed E-state index contributed by atoms with van der Waals surface area (Å²) in [5, 5.41) is 9.33. The van der Waals surface area contributed by atoms with E-state index in [1.54, 1.807) is 6.92 Å². The molecule has 0 heterocycles. The maximum Gasteiger partial charge on any atom is 0.508 e. The number of likely N-dealkylation sites (N-methyl/N-ethyl adjacent to an activating group) is 1. The number of nitrogens with two attached hydrogens (primary N) is 1. The average molecular weight is 556 g/mol. The fraction of sp³-hybridized carbons (Fsp3) is 0.818. The first kappa shape index (κ1) is 34.4. The Labute approximate surface area is 218 Å². The van der Waals surface area contributed by atoms with E-state index in [9.17, 15) is 24.1 Å². The number of guanidine groups is 1. The number of ether oxygens (including phenoxy) is 4. The van der Waals surface area contributed by atoms with Gasteiger partial charge >= 0.3 is 26.0 Å². The Bertz CT molecular complexity index is 715. The van der Waals surface area contributed by atoms with E-state index < -0.39 is 32.1 Å². The van der Waals surface area contributed by atoms with Crippen molar-refractivity contribution >= 4 is 32.0 Å². The number of carboxylic acid groups (broad SMARTS) is 1. The van der Waals surface area contributed by atoms with Gasteiger partial charge in [0.15, 0.2) is 0 Å². The largest absolute Gasteiger partial charge is 0.508 e. The molecule has 1 atom stereocenters. The first-order chi connectivity index (χ1) is 17.6. The van der Waals surface area contributed by atoms with E-state index in [4.69, 9.17) is 33.7 Å². The maximum atomic E-state index is 13.2. The Morgan fingerprint density at radius 2 is 1.22 bits per heavy atom. The van der Waals surface area contributed by atoms with Crippen LogP contribution in [0.5, 0.6) is 0 Å². The zero-order valence-corrected chi connectivity index (χ0v) is 23.1. The lowest BCUT2D eigenvalue weighted by Gasteiger charge is -2.25. The van der Waals surface area contributed by atoms with Crippen LogP contribution in [0.2, 0.25) is 0 Å². The quantitative estimate of drug-likeness (QED) is 0.0724. The molecule has 0 spiro atoms. The molecule has 1 unspecified atom stereocenters. The number of rotatable bonds is 20. The van der Waals surface area contributed by atoms with Gasteiger partial charge in [-0.2, -0.15) is 0 Å². The van der Waals surface area contributed by atoms with Crippen LogP contribution in [-0.2, 0) is 37.4 Å². The van der Waals surface area contributed by atoms with Crippen molar-refractivity contribution in [1.82, 2.24) is 4.90 Å². The fourth-order valence-electron chi connectivity index (χ4n) is 2.54. The van der Waals surface area contributed by atoms with Gasteiger partial charge in [-0.15, -0.1) is 4.76 Å². The molecule has 0 saturated carbocycles. The highest BCUT2D eigenvalue weighted by Crippen LogP contribution is 2.50. The van der Waals surface area contributed by atoms with Gasteiger partial charge in [-0.05, 0) is 19.3 Å². The molecule has 0 aromatic rings. The van der Waals surface area contributed by atoms with Gasteiger partial charge in [-0.25, -0.2) is 18.9 Å². The minimum absolute atomic E-state index is 0.0606. The summed E-state index contributed by atoms with van der Waals surface area (Å²) < 4.78 is 47.2. The topological polar surface area (TPSA) is 186 Å². The average Bonchev–Trinajstić information content (AvgIpc) is 2.84. The molecule has 0 aliphatic carbocycles. The molecule has 0 bridgehead atoms. The summed E-state index contributed by atoms with van der Waals surface area (Å²) in [6.45, 7) is 5.61. The summed E-state index contributed by atoms with van der Waals surface area (Å²) in [6.07, 6.45) is 2.07. The van der Waals surface area contributed by atoms with Crippen LogP contribution in [0.25, 0.3) is 0 Å². The molecule has 216 valence electrons. The summed E-state index contributed by atoms with van der Waals surface area (Å²) in [4.78, 5) is 35.5. The van der Waals surface area contributed by atoms with Crippen LogP contribution in [0.3, 0.4) is 0 Å². The lowest BCUT2D eigenvalue weighted by atomic mass is 10.2. The standard InChI is InChI=1S/C22H42N3O11P/c1-5-8-12-31-21(28)33-14-10-16-35-37(30,24-20(23)25(4)18(7-3)19(26)27)36-17-11-15-34-22(29)32-13-9-6-2/h18H,5-17H2,1-4H3,(H,26,27)(H2,23,24,30). The fourth-order valence-corrected chi connectivity index (χ4v) is 3.84. The van der Waals surface area contributed by atoms with Gasteiger partial charge in [0.25, 0.3) is 0 Å². The molecule has 0 aromatic carbocycles. The van der Waals surface area contributed by atoms with Crippen LogP contribution in [0.15, 0.2) is 4.76 Å². The molecule has 14 nitrogen and oxygen atoms in total. The molecule has 3 N–H and O–H groups in total. The number of unbranched alkanes of at least 4 members (excludes halogenated alkanes) is 2. The lowest BCUT2D eigenvalue weighted by Crippen LogP contribution is -2.45. The molecule has 0 amide bonds. The second kappa shape index (κ2) is 20.5. The Morgan fingerprint density at radius 1 is 0.811 bits per heavy atom. The second-order valence-electron chi connectivity index (χ2n) is 7.77. The van der Waals surface area contributed by atoms with Crippen molar-refractivity contribution in [2.75, 3.05) is 46.7 Å². The number of nitrogens with zero attached hydrogens (tertiary/aromatic N) is 2. The molecular weight excluding hydrogens is 513 g/mol. The first-order valence-electron chi connectivity index (χ1n) is 12.4. The smallest absolute Gasteiger partial charge is 0.480 e. The highest BCUT2D eigenvalue weighted by Gasteiger charge is 2.29. The van der Waals surface area contributed by atoms with E-state index in [1.807, 2.05) is 13.8 Å². The number of hydrogen-bond donors (Lipinski definition) is 2. The van der Waals surface area contributed by atoms with Gasteiger partial charge in [-0.3, -0.25) is 9.05 Å². The number of carbonyl (C=O) groups is 3.